The molecule has 0 atom stereocenters. The Kier molecular flexibility index (Phi) is 9.52. The third-order valence-electron chi connectivity index (χ3n) is 0. The van der Waals surface area contributed by atoms with Crippen LogP contribution in [-0.4, -0.2) is 37.1 Å². The van der Waals surface area contributed by atoms with E-state index < -0.39 is 0 Å². The molecule has 0 aromatic heterocycles. The number of thiol groups is 1. The molecule has 0 aliphatic rings. The third-order valence-corrected chi connectivity index (χ3v) is 0. The van der Waals surface area contributed by atoms with Crippen molar-refractivity contribution in [1.29, 1.82) is 0 Å². The van der Waals surface area contributed by atoms with Crippen LogP contribution in [0.25, 0.3) is 0 Å². The van der Waals surface area contributed by atoms with Gasteiger partial charge in [0.2, 0.25) is 0 Å². The molecule has 0 amide bonds. The number of hydrogen-bond acceptors (Lipinski definition) is 1. The molecule has 32 valence electrons. The standard InChI is InChI=1S/CH2OSSe.H2Se/c2-1(3)4;/h(H2,2,3,4);1H2. The second kappa shape index (κ2) is 5.06. The van der Waals surface area contributed by atoms with Crippen molar-refractivity contribution in [2.24, 2.45) is 0 Å². The summed E-state index contributed by atoms with van der Waals surface area (Å²) in [5.74, 6) is 0. The van der Waals surface area contributed by atoms with Gasteiger partial charge in [0.1, 0.15) is 0 Å². The van der Waals surface area contributed by atoms with E-state index in [0.717, 1.165) is 0 Å². The van der Waals surface area contributed by atoms with Gasteiger partial charge in [-0.25, -0.2) is 0 Å². The molecule has 0 aliphatic carbocycles. The van der Waals surface area contributed by atoms with E-state index in [0.29, 0.717) is 0 Å². The van der Waals surface area contributed by atoms with Gasteiger partial charge in [0.05, 0.1) is 0 Å². The average Bonchev–Trinajstić information content (AvgIpc) is 0.811. The van der Waals surface area contributed by atoms with Crippen LogP contribution < -0.4 is 0 Å². The van der Waals surface area contributed by atoms with E-state index >= 15 is 0 Å². The SMILES string of the molecule is O=C(S)[SeH].[SeH2]. The first-order valence-electron chi connectivity index (χ1n) is 0.651. The zero-order valence-electron chi connectivity index (χ0n) is 2.30. The first-order chi connectivity index (χ1) is 1.73. The molecule has 0 aromatic carbocycles. The van der Waals surface area contributed by atoms with Crippen molar-refractivity contribution in [3.8, 4) is 0 Å². The predicted molar refractivity (Wildman–Crippen MR) is 30.1 cm³/mol. The first-order valence-corrected chi connectivity index (χ1v) is 2.04. The molecule has 0 aliphatic heterocycles. The van der Waals surface area contributed by atoms with Gasteiger partial charge in [-0.05, 0) is 0 Å². The summed E-state index contributed by atoms with van der Waals surface area (Å²) in [6.45, 7) is 0. The fourth-order valence-corrected chi connectivity index (χ4v) is 0. The van der Waals surface area contributed by atoms with Crippen molar-refractivity contribution >= 4 is 49.7 Å². The van der Waals surface area contributed by atoms with E-state index in [1.54, 1.807) is 16.0 Å². The Morgan fingerprint density at radius 1 is 1.80 bits per heavy atom. The van der Waals surface area contributed by atoms with Crippen LogP contribution in [0.15, 0.2) is 0 Å². The number of carbonyl (C=O) groups excluding carboxylic acids is 1. The van der Waals surface area contributed by atoms with Gasteiger partial charge >= 0.3 is 54.5 Å². The summed E-state index contributed by atoms with van der Waals surface area (Å²) in [6.07, 6.45) is 0. The number of hydrogen-bond donors (Lipinski definition) is 1. The van der Waals surface area contributed by atoms with Gasteiger partial charge in [-0.2, -0.15) is 0 Å². The fourth-order valence-electron chi connectivity index (χ4n) is 0. The fraction of sp³-hybridized carbons (Fsp3) is 0. The predicted octanol–water partition coefficient (Wildman–Crippen LogP) is -0.979. The second-order valence-electron chi connectivity index (χ2n) is 0.283. The Labute approximate surface area is 54.6 Å². The van der Waals surface area contributed by atoms with Crippen LogP contribution in [-0.2, 0) is 0 Å². The van der Waals surface area contributed by atoms with Gasteiger partial charge in [-0.1, -0.05) is 0 Å². The van der Waals surface area contributed by atoms with E-state index in [1.165, 1.54) is 0 Å². The molecule has 0 saturated carbocycles. The third kappa shape index (κ3) is 42.2. The molecular formula is CH4OSSe2. The number of carbonyl (C=O) groups is 1. The molecule has 0 unspecified atom stereocenters. The van der Waals surface area contributed by atoms with E-state index in [2.05, 4.69) is 12.6 Å². The molecule has 0 spiro atoms. The van der Waals surface area contributed by atoms with Crippen LogP contribution in [0.3, 0.4) is 0 Å². The second-order valence-corrected chi connectivity index (χ2v) is 2.31. The Balaban J connectivity index is 0. The molecule has 0 rings (SSSR count). The Morgan fingerprint density at radius 3 is 1.80 bits per heavy atom. The Morgan fingerprint density at radius 2 is 1.80 bits per heavy atom. The Bertz CT molecular complexity index is 32.6. The van der Waals surface area contributed by atoms with E-state index in [-0.39, 0.29) is 21.1 Å². The zero-order valence-corrected chi connectivity index (χ0v) is 7.17. The average molecular weight is 222 g/mol. The molecule has 5 heavy (non-hydrogen) atoms. The molecule has 1 nitrogen and oxygen atoms in total. The van der Waals surface area contributed by atoms with Crippen LogP contribution >= 0.6 is 12.6 Å². The number of rotatable bonds is 0. The van der Waals surface area contributed by atoms with Gasteiger partial charge in [0, 0.05) is 0 Å². The van der Waals surface area contributed by atoms with Crippen LogP contribution in [0.5, 0.6) is 0 Å². The van der Waals surface area contributed by atoms with Gasteiger partial charge in [0.15, 0.2) is 0 Å². The van der Waals surface area contributed by atoms with Crippen molar-refractivity contribution < 1.29 is 4.79 Å². The van der Waals surface area contributed by atoms with Gasteiger partial charge in [-0.3, -0.25) is 0 Å². The summed E-state index contributed by atoms with van der Waals surface area (Å²) < 4.78 is -0.201. The topological polar surface area (TPSA) is 17.1 Å². The van der Waals surface area contributed by atoms with Crippen molar-refractivity contribution in [2.45, 2.75) is 0 Å². The minimum atomic E-state index is -0.201. The summed E-state index contributed by atoms with van der Waals surface area (Å²) >= 11 is 5.06. The molecule has 0 radical (unpaired) electrons. The van der Waals surface area contributed by atoms with Gasteiger partial charge in [0.25, 0.3) is 0 Å². The first kappa shape index (κ1) is 9.41. The molecule has 0 bridgehead atoms. The summed E-state index contributed by atoms with van der Waals surface area (Å²) in [5, 5.41) is 0. The molecule has 0 aromatic rings. The zero-order chi connectivity index (χ0) is 3.58. The maximum absolute atomic E-state index is 9.28. The minimum absolute atomic E-state index is 0. The monoisotopic (exact) mass is 224 g/mol. The van der Waals surface area contributed by atoms with Crippen molar-refractivity contribution in [3.63, 3.8) is 0 Å². The van der Waals surface area contributed by atoms with E-state index in [9.17, 15) is 4.79 Å². The molecular weight excluding hydrogens is 218 g/mol. The maximum atomic E-state index is 9.28. The summed E-state index contributed by atoms with van der Waals surface area (Å²) in [6, 6.07) is 0. The van der Waals surface area contributed by atoms with Crippen LogP contribution in [0.4, 0.5) is 4.79 Å². The van der Waals surface area contributed by atoms with Crippen molar-refractivity contribution in [1.82, 2.24) is 0 Å². The van der Waals surface area contributed by atoms with Gasteiger partial charge < -0.3 is 0 Å². The molecule has 0 saturated heterocycles. The van der Waals surface area contributed by atoms with E-state index in [4.69, 9.17) is 0 Å². The molecule has 0 fully saturated rings. The molecule has 0 heterocycles. The summed E-state index contributed by atoms with van der Waals surface area (Å²) in [4.78, 5) is 9.28. The molecule has 4 heteroatoms. The van der Waals surface area contributed by atoms with E-state index in [1.807, 2.05) is 0 Å². The van der Waals surface area contributed by atoms with Gasteiger partial charge in [-0.15, -0.1) is 0 Å². The Hall–Kier alpha value is 1.06. The van der Waals surface area contributed by atoms with Crippen molar-refractivity contribution in [2.75, 3.05) is 0 Å². The van der Waals surface area contributed by atoms with Crippen molar-refractivity contribution in [3.05, 3.63) is 0 Å². The van der Waals surface area contributed by atoms with Crippen LogP contribution in [0, 0.1) is 0 Å². The molecule has 0 N–H and O–H groups in total. The summed E-state index contributed by atoms with van der Waals surface area (Å²) in [7, 11) is 0. The van der Waals surface area contributed by atoms with Crippen LogP contribution in [0.1, 0.15) is 0 Å². The van der Waals surface area contributed by atoms with Crippen LogP contribution in [0.2, 0.25) is 0 Å². The normalized spacial score (nSPS) is 5.20. The summed E-state index contributed by atoms with van der Waals surface area (Å²) in [5.41, 5.74) is 0. The quantitative estimate of drug-likeness (QED) is 0.412.